The summed E-state index contributed by atoms with van der Waals surface area (Å²) in [5, 5.41) is 11.3. The molecule has 0 saturated heterocycles. The first-order valence-electron chi connectivity index (χ1n) is 6.61. The topological polar surface area (TPSA) is 49.3 Å². The molecule has 0 aromatic heterocycles. The van der Waals surface area contributed by atoms with E-state index in [4.69, 9.17) is 5.11 Å². The molecule has 1 amide bonds. The maximum absolute atomic E-state index is 13.8. The number of halogens is 1. The lowest BCUT2D eigenvalue weighted by molar-refractivity contribution is -0.124. The van der Waals surface area contributed by atoms with Crippen molar-refractivity contribution in [2.45, 2.75) is 33.6 Å². The van der Waals surface area contributed by atoms with Crippen LogP contribution in [0.5, 0.6) is 0 Å². The van der Waals surface area contributed by atoms with Crippen molar-refractivity contribution in [3.05, 3.63) is 29.6 Å². The summed E-state index contributed by atoms with van der Waals surface area (Å²) in [7, 11) is 0. The highest BCUT2D eigenvalue weighted by Crippen LogP contribution is 2.23. The fourth-order valence-corrected chi connectivity index (χ4v) is 1.37. The van der Waals surface area contributed by atoms with Gasteiger partial charge < -0.3 is 10.4 Å². The van der Waals surface area contributed by atoms with Crippen LogP contribution in [0.1, 0.15) is 39.2 Å². The van der Waals surface area contributed by atoms with E-state index in [1.54, 1.807) is 6.07 Å². The van der Waals surface area contributed by atoms with E-state index < -0.39 is 11.2 Å². The molecule has 0 aliphatic heterocycles. The van der Waals surface area contributed by atoms with Crippen LogP contribution in [0.4, 0.5) is 10.1 Å². The summed E-state index contributed by atoms with van der Waals surface area (Å²) in [5.74, 6) is 4.67. The number of amides is 1. The molecule has 1 aromatic carbocycles. The Morgan fingerprint density at radius 1 is 1.45 bits per heavy atom. The van der Waals surface area contributed by atoms with E-state index in [0.717, 1.165) is 0 Å². The zero-order chi connectivity index (χ0) is 15.2. The summed E-state index contributed by atoms with van der Waals surface area (Å²) >= 11 is 0. The minimum absolute atomic E-state index is 0.0468. The maximum atomic E-state index is 13.8. The second-order valence-electron chi connectivity index (χ2n) is 5.16. The molecule has 0 bridgehead atoms. The molecule has 20 heavy (non-hydrogen) atoms. The third-order valence-electron chi connectivity index (χ3n) is 3.19. The molecule has 1 aromatic rings. The molecule has 108 valence electrons. The summed E-state index contributed by atoms with van der Waals surface area (Å²) < 4.78 is 13.8. The molecule has 0 aliphatic rings. The van der Waals surface area contributed by atoms with Crippen LogP contribution in [0.3, 0.4) is 0 Å². The fourth-order valence-electron chi connectivity index (χ4n) is 1.37. The molecule has 2 N–H and O–H groups in total. The average molecular weight is 277 g/mol. The smallest absolute Gasteiger partial charge is 0.230 e. The van der Waals surface area contributed by atoms with E-state index in [0.29, 0.717) is 18.5 Å². The van der Waals surface area contributed by atoms with Gasteiger partial charge in [0, 0.05) is 17.5 Å². The second-order valence-corrected chi connectivity index (χ2v) is 5.16. The van der Waals surface area contributed by atoms with E-state index >= 15 is 0 Å². The van der Waals surface area contributed by atoms with Crippen molar-refractivity contribution < 1.29 is 14.3 Å². The van der Waals surface area contributed by atoms with Crippen molar-refractivity contribution >= 4 is 11.6 Å². The van der Waals surface area contributed by atoms with Crippen LogP contribution in [-0.2, 0) is 4.79 Å². The van der Waals surface area contributed by atoms with Crippen molar-refractivity contribution in [3.8, 4) is 11.8 Å². The van der Waals surface area contributed by atoms with Gasteiger partial charge in [-0.25, -0.2) is 4.39 Å². The van der Waals surface area contributed by atoms with Crippen LogP contribution in [0.25, 0.3) is 0 Å². The Morgan fingerprint density at radius 2 is 2.15 bits per heavy atom. The molecular formula is C16H20FNO2. The molecule has 0 spiro atoms. The lowest BCUT2D eigenvalue weighted by Gasteiger charge is -2.21. The number of hydrogen-bond acceptors (Lipinski definition) is 2. The number of nitrogens with one attached hydrogen (secondary N) is 1. The molecule has 3 nitrogen and oxygen atoms in total. The highest BCUT2D eigenvalue weighted by atomic mass is 19.1. The normalized spacial score (nSPS) is 10.7. The first kappa shape index (κ1) is 16.2. The maximum Gasteiger partial charge on any atom is 0.230 e. The quantitative estimate of drug-likeness (QED) is 0.831. The van der Waals surface area contributed by atoms with Crippen LogP contribution in [0, 0.1) is 23.1 Å². The number of rotatable bonds is 4. The average Bonchev–Trinajstić information content (AvgIpc) is 2.41. The summed E-state index contributed by atoms with van der Waals surface area (Å²) in [6.45, 7) is 5.57. The minimum Gasteiger partial charge on any atom is -0.395 e. The van der Waals surface area contributed by atoms with Crippen LogP contribution in [0.15, 0.2) is 18.2 Å². The number of benzene rings is 1. The van der Waals surface area contributed by atoms with Crippen LogP contribution >= 0.6 is 0 Å². The Kier molecular flexibility index (Phi) is 5.72. The van der Waals surface area contributed by atoms with Gasteiger partial charge in [0.25, 0.3) is 0 Å². The Bertz CT molecular complexity index is 541. The minimum atomic E-state index is -0.490. The number of hydrogen-bond donors (Lipinski definition) is 2. The number of carbonyl (C=O) groups excluding carboxylic acids is 1. The molecule has 0 atom stereocenters. The van der Waals surface area contributed by atoms with Crippen molar-refractivity contribution in [3.63, 3.8) is 0 Å². The predicted octanol–water partition coefficient (Wildman–Crippen LogP) is 2.93. The zero-order valence-corrected chi connectivity index (χ0v) is 12.1. The summed E-state index contributed by atoms with van der Waals surface area (Å²) in [5.41, 5.74) is 0.184. The van der Waals surface area contributed by atoms with Crippen molar-refractivity contribution in [1.29, 1.82) is 0 Å². The number of anilines is 1. The van der Waals surface area contributed by atoms with Gasteiger partial charge in [-0.05, 0) is 24.6 Å². The molecule has 0 aliphatic carbocycles. The van der Waals surface area contributed by atoms with Gasteiger partial charge in [-0.15, -0.1) is 0 Å². The summed E-state index contributed by atoms with van der Waals surface area (Å²) in [6.07, 6.45) is 1.01. The molecule has 0 unspecified atom stereocenters. The van der Waals surface area contributed by atoms with Crippen LogP contribution in [-0.4, -0.2) is 17.6 Å². The van der Waals surface area contributed by atoms with Crippen LogP contribution in [0.2, 0.25) is 0 Å². The zero-order valence-electron chi connectivity index (χ0n) is 12.1. The Balaban J connectivity index is 2.84. The standard InChI is InChI=1S/C16H20FNO2/c1-4-16(2,3)15(20)18-13-9-8-12(14(17)11-13)7-5-6-10-19/h8-9,11,19H,4,6,10H2,1-3H3,(H,18,20). The number of carbonyl (C=O) groups is 1. The summed E-state index contributed by atoms with van der Waals surface area (Å²) in [6, 6.07) is 4.40. The monoisotopic (exact) mass is 277 g/mol. The SMILES string of the molecule is CCC(C)(C)C(=O)Nc1ccc(C#CCCO)c(F)c1. The van der Waals surface area contributed by atoms with Gasteiger partial charge in [-0.2, -0.15) is 0 Å². The van der Waals surface area contributed by atoms with E-state index in [2.05, 4.69) is 17.2 Å². The Labute approximate surface area is 119 Å². The van der Waals surface area contributed by atoms with Gasteiger partial charge in [-0.3, -0.25) is 4.79 Å². The molecular weight excluding hydrogens is 257 g/mol. The number of aliphatic hydroxyl groups excluding tert-OH is 1. The highest BCUT2D eigenvalue weighted by Gasteiger charge is 2.25. The first-order chi connectivity index (χ1) is 9.40. The summed E-state index contributed by atoms with van der Waals surface area (Å²) in [4.78, 5) is 12.0. The van der Waals surface area contributed by atoms with Gasteiger partial charge in [0.1, 0.15) is 5.82 Å². The lowest BCUT2D eigenvalue weighted by Crippen LogP contribution is -2.30. The molecule has 0 saturated carbocycles. The Hall–Kier alpha value is -1.86. The van der Waals surface area contributed by atoms with E-state index in [1.165, 1.54) is 12.1 Å². The van der Waals surface area contributed by atoms with Crippen molar-refractivity contribution in [2.75, 3.05) is 11.9 Å². The lowest BCUT2D eigenvalue weighted by atomic mass is 9.89. The van der Waals surface area contributed by atoms with E-state index in [9.17, 15) is 9.18 Å². The van der Waals surface area contributed by atoms with Gasteiger partial charge >= 0.3 is 0 Å². The largest absolute Gasteiger partial charge is 0.395 e. The van der Waals surface area contributed by atoms with Gasteiger partial charge in [-0.1, -0.05) is 32.6 Å². The predicted molar refractivity (Wildman–Crippen MR) is 77.7 cm³/mol. The second kappa shape index (κ2) is 7.06. The molecule has 0 heterocycles. The fraction of sp³-hybridized carbons (Fsp3) is 0.438. The number of aliphatic hydroxyl groups is 1. The van der Waals surface area contributed by atoms with E-state index in [-0.39, 0.29) is 18.1 Å². The Morgan fingerprint density at radius 3 is 2.70 bits per heavy atom. The van der Waals surface area contributed by atoms with Crippen molar-refractivity contribution in [1.82, 2.24) is 0 Å². The highest BCUT2D eigenvalue weighted by molar-refractivity contribution is 5.94. The van der Waals surface area contributed by atoms with E-state index in [1.807, 2.05) is 20.8 Å². The molecule has 1 rings (SSSR count). The first-order valence-corrected chi connectivity index (χ1v) is 6.61. The third-order valence-corrected chi connectivity index (χ3v) is 3.19. The van der Waals surface area contributed by atoms with Gasteiger partial charge in [0.2, 0.25) is 5.91 Å². The molecule has 0 fully saturated rings. The molecule has 4 heteroatoms. The third kappa shape index (κ3) is 4.36. The van der Waals surface area contributed by atoms with Crippen molar-refractivity contribution in [2.24, 2.45) is 5.41 Å². The molecule has 0 radical (unpaired) electrons. The van der Waals surface area contributed by atoms with Crippen LogP contribution < -0.4 is 5.32 Å². The van der Waals surface area contributed by atoms with Gasteiger partial charge in [0.15, 0.2) is 0 Å². The van der Waals surface area contributed by atoms with Gasteiger partial charge in [0.05, 0.1) is 12.2 Å².